The number of imidazole rings is 1. The van der Waals surface area contributed by atoms with E-state index in [1.807, 2.05) is 36.1 Å². The third-order valence-corrected chi connectivity index (χ3v) is 3.87. The highest BCUT2D eigenvalue weighted by molar-refractivity contribution is 7.12. The van der Waals surface area contributed by atoms with Crippen LogP contribution < -0.4 is 4.74 Å². The van der Waals surface area contributed by atoms with Gasteiger partial charge in [-0.3, -0.25) is 0 Å². The predicted molar refractivity (Wildman–Crippen MR) is 74.7 cm³/mol. The minimum Gasteiger partial charge on any atom is -0.422 e. The van der Waals surface area contributed by atoms with E-state index in [1.165, 1.54) is 11.3 Å². The Kier molecular flexibility index (Phi) is 2.83. The quantitative estimate of drug-likeness (QED) is 0.531. The van der Waals surface area contributed by atoms with E-state index < -0.39 is 0 Å². The molecule has 0 unspecified atom stereocenters. The van der Waals surface area contributed by atoms with Crippen LogP contribution in [0.15, 0.2) is 36.0 Å². The van der Waals surface area contributed by atoms with Crippen molar-refractivity contribution >= 4 is 28.3 Å². The van der Waals surface area contributed by atoms with Crippen LogP contribution in [-0.2, 0) is 7.05 Å². The van der Waals surface area contributed by atoms with E-state index in [9.17, 15) is 4.79 Å². The molecule has 0 spiro atoms. The third-order valence-electron chi connectivity index (χ3n) is 2.84. The van der Waals surface area contributed by atoms with Gasteiger partial charge in [0.25, 0.3) is 0 Å². The Morgan fingerprint density at radius 3 is 2.95 bits per heavy atom. The van der Waals surface area contributed by atoms with Gasteiger partial charge in [-0.15, -0.1) is 11.3 Å². The molecule has 0 fully saturated rings. The Morgan fingerprint density at radius 1 is 1.37 bits per heavy atom. The van der Waals surface area contributed by atoms with Gasteiger partial charge < -0.3 is 9.30 Å². The van der Waals surface area contributed by atoms with Gasteiger partial charge in [0.05, 0.1) is 17.4 Å². The number of ether oxygens (including phenoxy) is 1. The lowest BCUT2D eigenvalue weighted by Gasteiger charge is -2.02. The SMILES string of the molecule is Cc1csc(C(=O)Oc2ccc3c(c2)ncn3C)c1. The standard InChI is InChI=1S/C14H12N2O2S/c1-9-5-13(19-7-9)14(17)18-10-3-4-12-11(6-10)15-8-16(12)2/h3-8H,1-2H3. The molecule has 3 rings (SSSR count). The molecular formula is C14H12N2O2S. The van der Waals surface area contributed by atoms with Gasteiger partial charge in [0.2, 0.25) is 0 Å². The zero-order valence-electron chi connectivity index (χ0n) is 10.6. The van der Waals surface area contributed by atoms with Crippen molar-refractivity contribution in [3.63, 3.8) is 0 Å². The monoisotopic (exact) mass is 272 g/mol. The van der Waals surface area contributed by atoms with Crippen LogP contribution in [0.25, 0.3) is 11.0 Å². The van der Waals surface area contributed by atoms with Gasteiger partial charge in [-0.1, -0.05) is 0 Å². The van der Waals surface area contributed by atoms with Crippen molar-refractivity contribution in [1.82, 2.24) is 9.55 Å². The number of thiophene rings is 1. The third kappa shape index (κ3) is 2.24. The fourth-order valence-corrected chi connectivity index (χ4v) is 2.65. The van der Waals surface area contributed by atoms with Crippen molar-refractivity contribution < 1.29 is 9.53 Å². The van der Waals surface area contributed by atoms with Crippen molar-refractivity contribution in [1.29, 1.82) is 0 Å². The number of aromatic nitrogens is 2. The lowest BCUT2D eigenvalue weighted by atomic mass is 10.3. The lowest BCUT2D eigenvalue weighted by molar-refractivity contribution is 0.0740. The van der Waals surface area contributed by atoms with Crippen LogP contribution in [0.2, 0.25) is 0 Å². The molecule has 0 amide bonds. The molecule has 0 saturated carbocycles. The number of esters is 1. The number of aryl methyl sites for hydroxylation is 2. The smallest absolute Gasteiger partial charge is 0.353 e. The molecule has 0 aliphatic carbocycles. The van der Waals surface area contributed by atoms with Crippen LogP contribution in [0.1, 0.15) is 15.2 Å². The fraction of sp³-hybridized carbons (Fsp3) is 0.143. The van der Waals surface area contributed by atoms with E-state index in [-0.39, 0.29) is 5.97 Å². The zero-order chi connectivity index (χ0) is 13.4. The number of fused-ring (bicyclic) bond motifs is 1. The van der Waals surface area contributed by atoms with E-state index in [0.29, 0.717) is 10.6 Å². The number of carbonyl (C=O) groups is 1. The summed E-state index contributed by atoms with van der Waals surface area (Å²) in [6.07, 6.45) is 1.74. The van der Waals surface area contributed by atoms with E-state index in [2.05, 4.69) is 4.98 Å². The minimum absolute atomic E-state index is 0.326. The van der Waals surface area contributed by atoms with Gasteiger partial charge in [-0.25, -0.2) is 9.78 Å². The minimum atomic E-state index is -0.326. The maximum atomic E-state index is 11.9. The molecule has 19 heavy (non-hydrogen) atoms. The first-order valence-corrected chi connectivity index (χ1v) is 6.70. The summed E-state index contributed by atoms with van der Waals surface area (Å²) in [6, 6.07) is 7.27. The molecule has 0 N–H and O–H groups in total. The number of nitrogens with zero attached hydrogens (tertiary/aromatic N) is 2. The molecule has 0 aliphatic rings. The Bertz CT molecular complexity index is 758. The second-order valence-electron chi connectivity index (χ2n) is 4.38. The Hall–Kier alpha value is -2.14. The van der Waals surface area contributed by atoms with Crippen LogP contribution in [-0.4, -0.2) is 15.5 Å². The average Bonchev–Trinajstić information content (AvgIpc) is 2.97. The highest BCUT2D eigenvalue weighted by atomic mass is 32.1. The largest absolute Gasteiger partial charge is 0.422 e. The molecule has 3 aromatic rings. The molecule has 0 saturated heterocycles. The van der Waals surface area contributed by atoms with Crippen LogP contribution >= 0.6 is 11.3 Å². The van der Waals surface area contributed by atoms with Gasteiger partial charge in [0, 0.05) is 13.1 Å². The summed E-state index contributed by atoms with van der Waals surface area (Å²) in [7, 11) is 1.93. The van der Waals surface area contributed by atoms with Gasteiger partial charge in [-0.2, -0.15) is 0 Å². The van der Waals surface area contributed by atoms with Gasteiger partial charge in [0.15, 0.2) is 0 Å². The first-order chi connectivity index (χ1) is 9.13. The van der Waals surface area contributed by atoms with Crippen LogP contribution in [0.4, 0.5) is 0 Å². The van der Waals surface area contributed by atoms with Gasteiger partial charge in [-0.05, 0) is 36.1 Å². The lowest BCUT2D eigenvalue weighted by Crippen LogP contribution is -2.06. The maximum absolute atomic E-state index is 11.9. The van der Waals surface area contributed by atoms with Crippen molar-refractivity contribution in [2.75, 3.05) is 0 Å². The van der Waals surface area contributed by atoms with Gasteiger partial charge in [0.1, 0.15) is 10.6 Å². The number of benzene rings is 1. The average molecular weight is 272 g/mol. The normalized spacial score (nSPS) is 10.8. The summed E-state index contributed by atoms with van der Waals surface area (Å²) in [5.41, 5.74) is 2.89. The molecule has 0 aliphatic heterocycles. The molecule has 4 nitrogen and oxygen atoms in total. The number of rotatable bonds is 2. The maximum Gasteiger partial charge on any atom is 0.353 e. The predicted octanol–water partition coefficient (Wildman–Crippen LogP) is 3.16. The summed E-state index contributed by atoms with van der Waals surface area (Å²) in [5, 5.41) is 1.93. The van der Waals surface area contributed by atoms with E-state index in [0.717, 1.165) is 16.6 Å². The van der Waals surface area contributed by atoms with Gasteiger partial charge >= 0.3 is 5.97 Å². The van der Waals surface area contributed by atoms with E-state index >= 15 is 0 Å². The van der Waals surface area contributed by atoms with Crippen LogP contribution in [0, 0.1) is 6.92 Å². The number of carbonyl (C=O) groups excluding carboxylic acids is 1. The Morgan fingerprint density at radius 2 is 2.21 bits per heavy atom. The molecule has 2 heterocycles. The molecule has 1 aromatic carbocycles. The highest BCUT2D eigenvalue weighted by Gasteiger charge is 2.11. The molecule has 0 radical (unpaired) electrons. The molecule has 0 bridgehead atoms. The van der Waals surface area contributed by atoms with Crippen molar-refractivity contribution in [3.05, 3.63) is 46.4 Å². The summed E-state index contributed by atoms with van der Waals surface area (Å²) < 4.78 is 7.27. The second kappa shape index (κ2) is 4.51. The summed E-state index contributed by atoms with van der Waals surface area (Å²) in [4.78, 5) is 16.8. The molecule has 2 aromatic heterocycles. The molecular weight excluding hydrogens is 260 g/mol. The zero-order valence-corrected chi connectivity index (χ0v) is 11.4. The molecule has 0 atom stereocenters. The van der Waals surface area contributed by atoms with E-state index in [1.54, 1.807) is 18.5 Å². The fourth-order valence-electron chi connectivity index (χ4n) is 1.88. The highest BCUT2D eigenvalue weighted by Crippen LogP contribution is 2.21. The van der Waals surface area contributed by atoms with Crippen molar-refractivity contribution in [2.45, 2.75) is 6.92 Å². The summed E-state index contributed by atoms with van der Waals surface area (Å²) in [5.74, 6) is 0.190. The first kappa shape index (κ1) is 11.9. The number of hydrogen-bond acceptors (Lipinski definition) is 4. The molecule has 5 heteroatoms. The van der Waals surface area contributed by atoms with Crippen LogP contribution in [0.5, 0.6) is 5.75 Å². The Balaban J connectivity index is 1.87. The summed E-state index contributed by atoms with van der Waals surface area (Å²) in [6.45, 7) is 1.95. The van der Waals surface area contributed by atoms with Crippen LogP contribution in [0.3, 0.4) is 0 Å². The first-order valence-electron chi connectivity index (χ1n) is 5.82. The topological polar surface area (TPSA) is 44.1 Å². The second-order valence-corrected chi connectivity index (χ2v) is 5.30. The van der Waals surface area contributed by atoms with Crippen molar-refractivity contribution in [3.8, 4) is 5.75 Å². The van der Waals surface area contributed by atoms with Crippen molar-refractivity contribution in [2.24, 2.45) is 7.05 Å². The molecule has 96 valence electrons. The number of hydrogen-bond donors (Lipinski definition) is 0. The Labute approximate surface area is 114 Å². The summed E-state index contributed by atoms with van der Waals surface area (Å²) >= 11 is 1.39. The van der Waals surface area contributed by atoms with E-state index in [4.69, 9.17) is 4.74 Å².